The Bertz CT molecular complexity index is 781. The summed E-state index contributed by atoms with van der Waals surface area (Å²) in [5.74, 6) is -1.79. The topological polar surface area (TPSA) is 66.4 Å². The van der Waals surface area contributed by atoms with E-state index in [1.807, 2.05) is 4.72 Å². The average Bonchev–Trinajstić information content (AvgIpc) is 2.42. The number of nitrogens with one attached hydrogen (secondary N) is 1. The van der Waals surface area contributed by atoms with Crippen molar-refractivity contribution in [2.75, 3.05) is 4.72 Å². The summed E-state index contributed by atoms with van der Waals surface area (Å²) >= 11 is 3.05. The Morgan fingerprint density at radius 3 is 2.43 bits per heavy atom. The SMILES string of the molecule is O=S(=O)(Nc1ccc(Br)cc1F)c1cc(CO)ccc1F. The van der Waals surface area contributed by atoms with Crippen LogP contribution in [0, 0.1) is 11.6 Å². The molecule has 0 aromatic heterocycles. The lowest BCUT2D eigenvalue weighted by Crippen LogP contribution is -2.16. The van der Waals surface area contributed by atoms with E-state index in [4.69, 9.17) is 5.11 Å². The molecule has 4 nitrogen and oxygen atoms in total. The number of halogens is 3. The molecule has 0 bridgehead atoms. The summed E-state index contributed by atoms with van der Waals surface area (Å²) in [6.45, 7) is -0.435. The summed E-state index contributed by atoms with van der Waals surface area (Å²) in [4.78, 5) is -0.656. The third kappa shape index (κ3) is 3.58. The van der Waals surface area contributed by atoms with E-state index >= 15 is 0 Å². The van der Waals surface area contributed by atoms with E-state index in [0.29, 0.717) is 4.47 Å². The maximum atomic E-state index is 13.7. The first-order valence-electron chi connectivity index (χ1n) is 5.70. The van der Waals surface area contributed by atoms with Crippen LogP contribution in [-0.4, -0.2) is 13.5 Å². The molecule has 0 aliphatic carbocycles. The smallest absolute Gasteiger partial charge is 0.264 e. The zero-order valence-electron chi connectivity index (χ0n) is 10.5. The molecule has 0 aliphatic rings. The van der Waals surface area contributed by atoms with Crippen molar-refractivity contribution in [1.29, 1.82) is 0 Å². The molecule has 0 spiro atoms. The van der Waals surface area contributed by atoms with Crippen LogP contribution < -0.4 is 4.72 Å². The minimum absolute atomic E-state index is 0.230. The van der Waals surface area contributed by atoms with E-state index in [0.717, 1.165) is 18.2 Å². The fourth-order valence-electron chi connectivity index (χ4n) is 1.62. The van der Waals surface area contributed by atoms with Gasteiger partial charge >= 0.3 is 0 Å². The van der Waals surface area contributed by atoms with Crippen molar-refractivity contribution in [3.05, 3.63) is 58.1 Å². The van der Waals surface area contributed by atoms with E-state index < -0.39 is 33.2 Å². The number of hydrogen-bond acceptors (Lipinski definition) is 3. The molecule has 0 fully saturated rings. The molecule has 112 valence electrons. The van der Waals surface area contributed by atoms with Gasteiger partial charge in [-0.3, -0.25) is 4.72 Å². The highest BCUT2D eigenvalue weighted by Crippen LogP contribution is 2.24. The minimum Gasteiger partial charge on any atom is -0.392 e. The molecular weight excluding hydrogens is 368 g/mol. The highest BCUT2D eigenvalue weighted by Gasteiger charge is 2.21. The molecule has 0 heterocycles. The number of rotatable bonds is 4. The van der Waals surface area contributed by atoms with Crippen LogP contribution >= 0.6 is 15.9 Å². The van der Waals surface area contributed by atoms with Gasteiger partial charge in [0.15, 0.2) is 0 Å². The fourth-order valence-corrected chi connectivity index (χ4v) is 3.15. The van der Waals surface area contributed by atoms with Gasteiger partial charge in [-0.2, -0.15) is 0 Å². The molecule has 0 atom stereocenters. The average molecular weight is 378 g/mol. The van der Waals surface area contributed by atoms with Gasteiger partial charge in [0.1, 0.15) is 16.5 Å². The van der Waals surface area contributed by atoms with Crippen LogP contribution in [0.25, 0.3) is 0 Å². The lowest BCUT2D eigenvalue weighted by Gasteiger charge is -2.10. The Balaban J connectivity index is 2.43. The van der Waals surface area contributed by atoms with Crippen molar-refractivity contribution in [3.63, 3.8) is 0 Å². The summed E-state index contributed by atoms with van der Waals surface area (Å²) in [6, 6.07) is 6.92. The maximum absolute atomic E-state index is 13.7. The molecule has 0 aliphatic heterocycles. The van der Waals surface area contributed by atoms with Crippen molar-refractivity contribution in [1.82, 2.24) is 0 Å². The summed E-state index contributed by atoms with van der Waals surface area (Å²) < 4.78 is 54.0. The molecule has 0 amide bonds. The first-order valence-corrected chi connectivity index (χ1v) is 7.98. The lowest BCUT2D eigenvalue weighted by atomic mass is 10.2. The van der Waals surface area contributed by atoms with E-state index in [1.54, 1.807) is 0 Å². The predicted molar refractivity (Wildman–Crippen MR) is 77.2 cm³/mol. The van der Waals surface area contributed by atoms with Crippen LogP contribution in [0.2, 0.25) is 0 Å². The van der Waals surface area contributed by atoms with Crippen LogP contribution in [0.3, 0.4) is 0 Å². The zero-order chi connectivity index (χ0) is 15.6. The molecule has 21 heavy (non-hydrogen) atoms. The zero-order valence-corrected chi connectivity index (χ0v) is 12.9. The summed E-state index contributed by atoms with van der Waals surface area (Å²) in [6.07, 6.45) is 0. The third-order valence-corrected chi connectivity index (χ3v) is 4.52. The molecule has 2 aromatic carbocycles. The van der Waals surface area contributed by atoms with Crippen LogP contribution in [-0.2, 0) is 16.6 Å². The molecule has 2 aromatic rings. The molecule has 8 heteroatoms. The molecule has 2 rings (SSSR count). The second-order valence-corrected chi connectivity index (χ2v) is 6.72. The lowest BCUT2D eigenvalue weighted by molar-refractivity contribution is 0.281. The summed E-state index contributed by atoms with van der Waals surface area (Å²) in [5, 5.41) is 8.98. The second kappa shape index (κ2) is 6.08. The van der Waals surface area contributed by atoms with Crippen molar-refractivity contribution in [2.45, 2.75) is 11.5 Å². The van der Waals surface area contributed by atoms with Gasteiger partial charge in [0, 0.05) is 4.47 Å². The summed E-state index contributed by atoms with van der Waals surface area (Å²) in [5.41, 5.74) is -0.0694. The van der Waals surface area contributed by atoms with E-state index in [9.17, 15) is 17.2 Å². The van der Waals surface area contributed by atoms with Gasteiger partial charge in [0.2, 0.25) is 0 Å². The van der Waals surface area contributed by atoms with Gasteiger partial charge in [0.25, 0.3) is 10.0 Å². The number of hydrogen-bond donors (Lipinski definition) is 2. The Kier molecular flexibility index (Phi) is 4.60. The number of sulfonamides is 1. The van der Waals surface area contributed by atoms with Crippen molar-refractivity contribution < 1.29 is 22.3 Å². The van der Waals surface area contributed by atoms with E-state index in [-0.39, 0.29) is 11.3 Å². The van der Waals surface area contributed by atoms with Gasteiger partial charge < -0.3 is 5.11 Å². The summed E-state index contributed by atoms with van der Waals surface area (Å²) in [7, 11) is -4.30. The van der Waals surface area contributed by atoms with Crippen LogP contribution in [0.15, 0.2) is 45.8 Å². The quantitative estimate of drug-likeness (QED) is 0.860. The normalized spacial score (nSPS) is 11.4. The van der Waals surface area contributed by atoms with Gasteiger partial charge in [0.05, 0.1) is 12.3 Å². The highest BCUT2D eigenvalue weighted by molar-refractivity contribution is 9.10. The first-order chi connectivity index (χ1) is 9.83. The maximum Gasteiger partial charge on any atom is 0.264 e. The van der Waals surface area contributed by atoms with Gasteiger partial charge in [-0.1, -0.05) is 22.0 Å². The molecular formula is C13H10BrF2NO3S. The van der Waals surface area contributed by atoms with E-state index in [1.165, 1.54) is 18.2 Å². The van der Waals surface area contributed by atoms with Gasteiger partial charge in [-0.15, -0.1) is 0 Å². The molecule has 2 N–H and O–H groups in total. The van der Waals surface area contributed by atoms with Gasteiger partial charge in [-0.25, -0.2) is 17.2 Å². The molecule has 0 saturated carbocycles. The van der Waals surface area contributed by atoms with Crippen LogP contribution in [0.1, 0.15) is 5.56 Å². The Morgan fingerprint density at radius 2 is 1.81 bits per heavy atom. The third-order valence-electron chi connectivity index (χ3n) is 2.64. The second-order valence-electron chi connectivity index (χ2n) is 4.15. The van der Waals surface area contributed by atoms with Crippen LogP contribution in [0.5, 0.6) is 0 Å². The highest BCUT2D eigenvalue weighted by atomic mass is 79.9. The number of anilines is 1. The van der Waals surface area contributed by atoms with Gasteiger partial charge in [-0.05, 0) is 35.9 Å². The molecule has 0 radical (unpaired) electrons. The molecule has 0 saturated heterocycles. The van der Waals surface area contributed by atoms with Crippen molar-refractivity contribution in [3.8, 4) is 0 Å². The fraction of sp³-hybridized carbons (Fsp3) is 0.0769. The Morgan fingerprint density at radius 1 is 1.10 bits per heavy atom. The number of benzene rings is 2. The number of aliphatic hydroxyl groups is 1. The standard InChI is InChI=1S/C13H10BrF2NO3S/c14-9-2-4-12(11(16)6-9)17-21(19,20)13-5-8(7-18)1-3-10(13)15/h1-6,17-18H,7H2. The first kappa shape index (κ1) is 15.9. The van der Waals surface area contributed by atoms with Crippen molar-refractivity contribution >= 4 is 31.6 Å². The Labute approximate surface area is 128 Å². The van der Waals surface area contributed by atoms with Crippen LogP contribution in [0.4, 0.5) is 14.5 Å². The van der Waals surface area contributed by atoms with E-state index in [2.05, 4.69) is 15.9 Å². The Hall–Kier alpha value is -1.51. The molecule has 0 unspecified atom stereocenters. The monoisotopic (exact) mass is 377 g/mol. The number of aliphatic hydroxyl groups excluding tert-OH is 1. The van der Waals surface area contributed by atoms with Crippen molar-refractivity contribution in [2.24, 2.45) is 0 Å². The minimum atomic E-state index is -4.30. The largest absolute Gasteiger partial charge is 0.392 e. The predicted octanol–water partition coefficient (Wildman–Crippen LogP) is 3.02.